The molecule has 1 heterocycles. The zero-order chi connectivity index (χ0) is 11.1. The summed E-state index contributed by atoms with van der Waals surface area (Å²) in [5, 5.41) is 20.3. The zero-order valence-corrected chi connectivity index (χ0v) is 8.91. The summed E-state index contributed by atoms with van der Waals surface area (Å²) in [6.45, 7) is 3.54. The average Bonchev–Trinajstić information content (AvgIpc) is 2.48. The van der Waals surface area contributed by atoms with Crippen LogP contribution in [0.5, 0.6) is 5.75 Å². The topological polar surface area (TPSA) is 56.2 Å². The Kier molecular flexibility index (Phi) is 2.20. The van der Waals surface area contributed by atoms with Crippen molar-refractivity contribution in [2.75, 3.05) is 0 Å². The molecule has 80 valence electrons. The highest BCUT2D eigenvalue weighted by Gasteiger charge is 2.16. The minimum absolute atomic E-state index is 0.245. The molecular formula is C12H15NO2. The van der Waals surface area contributed by atoms with Crippen LogP contribution in [-0.4, -0.2) is 20.8 Å². The lowest BCUT2D eigenvalue weighted by Gasteiger charge is -2.16. The predicted octanol–water partition coefficient (Wildman–Crippen LogP) is 2.19. The largest absolute Gasteiger partial charge is 0.506 e. The van der Waals surface area contributed by atoms with Gasteiger partial charge in [-0.05, 0) is 25.5 Å². The van der Waals surface area contributed by atoms with Crippen LogP contribution in [0.25, 0.3) is 10.9 Å². The van der Waals surface area contributed by atoms with E-state index >= 15 is 0 Å². The van der Waals surface area contributed by atoms with Gasteiger partial charge in [0.05, 0.1) is 11.1 Å². The van der Waals surface area contributed by atoms with E-state index in [1.54, 1.807) is 26.0 Å². The third-order valence-electron chi connectivity index (χ3n) is 2.40. The second kappa shape index (κ2) is 3.28. The predicted molar refractivity (Wildman–Crippen MR) is 60.0 cm³/mol. The number of nitrogens with one attached hydrogen (secondary N) is 1. The molecule has 0 amide bonds. The number of rotatable bonds is 2. The average molecular weight is 205 g/mol. The van der Waals surface area contributed by atoms with Gasteiger partial charge in [-0.3, -0.25) is 0 Å². The maximum absolute atomic E-state index is 9.74. The third kappa shape index (κ3) is 1.97. The van der Waals surface area contributed by atoms with Crippen LogP contribution < -0.4 is 0 Å². The van der Waals surface area contributed by atoms with Crippen molar-refractivity contribution in [1.82, 2.24) is 4.98 Å². The molecular weight excluding hydrogens is 190 g/mol. The van der Waals surface area contributed by atoms with Crippen LogP contribution in [0.15, 0.2) is 24.4 Å². The molecule has 2 rings (SSSR count). The monoisotopic (exact) mass is 205 g/mol. The van der Waals surface area contributed by atoms with Crippen LogP contribution >= 0.6 is 0 Å². The number of aliphatic hydroxyl groups is 1. The molecule has 0 bridgehead atoms. The molecule has 0 aliphatic rings. The number of benzene rings is 1. The van der Waals surface area contributed by atoms with Crippen molar-refractivity contribution in [3.8, 4) is 5.75 Å². The summed E-state index contributed by atoms with van der Waals surface area (Å²) in [7, 11) is 0. The third-order valence-corrected chi connectivity index (χ3v) is 2.40. The van der Waals surface area contributed by atoms with E-state index in [1.165, 1.54) is 0 Å². The van der Waals surface area contributed by atoms with Crippen molar-refractivity contribution in [1.29, 1.82) is 0 Å². The first-order valence-electron chi connectivity index (χ1n) is 4.98. The summed E-state index contributed by atoms with van der Waals surface area (Å²) >= 11 is 0. The molecule has 2 aromatic rings. The maximum Gasteiger partial charge on any atom is 0.139 e. The Bertz CT molecular complexity index is 480. The van der Waals surface area contributed by atoms with E-state index in [-0.39, 0.29) is 5.75 Å². The van der Waals surface area contributed by atoms with Crippen molar-refractivity contribution in [3.05, 3.63) is 30.0 Å². The van der Waals surface area contributed by atoms with Gasteiger partial charge in [-0.1, -0.05) is 12.1 Å². The van der Waals surface area contributed by atoms with E-state index in [1.807, 2.05) is 12.3 Å². The molecule has 0 aliphatic carbocycles. The highest BCUT2D eigenvalue weighted by atomic mass is 16.3. The smallest absolute Gasteiger partial charge is 0.139 e. The van der Waals surface area contributed by atoms with Gasteiger partial charge in [0.1, 0.15) is 5.75 Å². The molecule has 1 aromatic carbocycles. The molecule has 1 aromatic heterocycles. The summed E-state index contributed by atoms with van der Waals surface area (Å²) in [5.74, 6) is 0.245. The van der Waals surface area contributed by atoms with Gasteiger partial charge in [0.25, 0.3) is 0 Å². The lowest BCUT2D eigenvalue weighted by atomic mass is 9.98. The number of hydrogen-bond donors (Lipinski definition) is 3. The second-order valence-corrected chi connectivity index (χ2v) is 4.50. The molecule has 3 heteroatoms. The first-order chi connectivity index (χ1) is 6.97. The first-order valence-corrected chi connectivity index (χ1v) is 4.98. The van der Waals surface area contributed by atoms with Crippen LogP contribution in [0.3, 0.4) is 0 Å². The van der Waals surface area contributed by atoms with E-state index in [9.17, 15) is 10.2 Å². The number of hydrogen-bond acceptors (Lipinski definition) is 2. The van der Waals surface area contributed by atoms with E-state index in [4.69, 9.17) is 0 Å². The number of aromatic nitrogens is 1. The maximum atomic E-state index is 9.74. The van der Waals surface area contributed by atoms with Gasteiger partial charge >= 0.3 is 0 Å². The lowest BCUT2D eigenvalue weighted by Crippen LogP contribution is -2.21. The minimum Gasteiger partial charge on any atom is -0.506 e. The van der Waals surface area contributed by atoms with Crippen LogP contribution in [-0.2, 0) is 6.42 Å². The Labute approximate surface area is 88.4 Å². The van der Waals surface area contributed by atoms with Gasteiger partial charge in [-0.15, -0.1) is 0 Å². The van der Waals surface area contributed by atoms with Crippen molar-refractivity contribution >= 4 is 10.9 Å². The number of para-hydroxylation sites is 1. The van der Waals surface area contributed by atoms with Gasteiger partial charge in [0.15, 0.2) is 0 Å². The van der Waals surface area contributed by atoms with Crippen molar-refractivity contribution < 1.29 is 10.2 Å². The van der Waals surface area contributed by atoms with Gasteiger partial charge in [0.2, 0.25) is 0 Å². The van der Waals surface area contributed by atoms with Crippen LogP contribution in [0.1, 0.15) is 19.4 Å². The van der Waals surface area contributed by atoms with Crippen LogP contribution in [0, 0.1) is 0 Å². The second-order valence-electron chi connectivity index (χ2n) is 4.50. The minimum atomic E-state index is -0.736. The molecule has 0 saturated heterocycles. The van der Waals surface area contributed by atoms with Gasteiger partial charge in [-0.2, -0.15) is 0 Å². The van der Waals surface area contributed by atoms with Gasteiger partial charge in [0, 0.05) is 18.0 Å². The molecule has 0 spiro atoms. The fraction of sp³-hybridized carbons (Fsp3) is 0.333. The Morgan fingerprint density at radius 3 is 2.73 bits per heavy atom. The molecule has 0 fully saturated rings. The van der Waals surface area contributed by atoms with Gasteiger partial charge < -0.3 is 15.2 Å². The van der Waals surface area contributed by atoms with Crippen LogP contribution in [0.4, 0.5) is 0 Å². The molecule has 0 aliphatic heterocycles. The lowest BCUT2D eigenvalue weighted by molar-refractivity contribution is 0.0813. The highest BCUT2D eigenvalue weighted by Crippen LogP contribution is 2.28. The zero-order valence-electron chi connectivity index (χ0n) is 8.91. The molecule has 3 N–H and O–H groups in total. The normalized spacial score (nSPS) is 12.2. The van der Waals surface area contributed by atoms with Gasteiger partial charge in [-0.25, -0.2) is 0 Å². The highest BCUT2D eigenvalue weighted by molar-refractivity contribution is 5.88. The summed E-state index contributed by atoms with van der Waals surface area (Å²) in [5.41, 5.74) is 1.02. The van der Waals surface area contributed by atoms with Crippen molar-refractivity contribution in [2.24, 2.45) is 0 Å². The van der Waals surface area contributed by atoms with Crippen LogP contribution in [0.2, 0.25) is 0 Å². The van der Waals surface area contributed by atoms with Crippen molar-refractivity contribution in [2.45, 2.75) is 25.9 Å². The molecule has 0 atom stereocenters. The Morgan fingerprint density at radius 2 is 2.07 bits per heavy atom. The van der Waals surface area contributed by atoms with E-state index < -0.39 is 5.60 Å². The Hall–Kier alpha value is -1.48. The fourth-order valence-corrected chi connectivity index (χ4v) is 1.81. The van der Waals surface area contributed by atoms with E-state index in [2.05, 4.69) is 4.98 Å². The number of aromatic amines is 1. The Morgan fingerprint density at radius 1 is 1.33 bits per heavy atom. The summed E-state index contributed by atoms with van der Waals surface area (Å²) in [6.07, 6.45) is 2.40. The van der Waals surface area contributed by atoms with Crippen molar-refractivity contribution in [3.63, 3.8) is 0 Å². The number of phenols is 1. The van der Waals surface area contributed by atoms with E-state index in [0.29, 0.717) is 6.42 Å². The Balaban J connectivity index is 2.50. The van der Waals surface area contributed by atoms with E-state index in [0.717, 1.165) is 16.5 Å². The first kappa shape index (κ1) is 10.1. The molecule has 0 saturated carbocycles. The quantitative estimate of drug-likeness (QED) is 0.703. The SMILES string of the molecule is CC(C)(O)Cc1c[nH]c2c(O)cccc12. The summed E-state index contributed by atoms with van der Waals surface area (Å²) in [6, 6.07) is 5.39. The standard InChI is InChI=1S/C12H15NO2/c1-12(2,15)6-8-7-13-11-9(8)4-3-5-10(11)14/h3-5,7,13-15H,6H2,1-2H3. The molecule has 3 nitrogen and oxygen atoms in total. The summed E-state index contributed by atoms with van der Waals surface area (Å²) in [4.78, 5) is 3.02. The number of aromatic hydroxyl groups is 1. The molecule has 15 heavy (non-hydrogen) atoms. The number of H-pyrrole nitrogens is 1. The fourth-order valence-electron chi connectivity index (χ4n) is 1.81. The summed E-state index contributed by atoms with van der Waals surface area (Å²) < 4.78 is 0. The number of fused-ring (bicyclic) bond motifs is 1. The number of phenolic OH excluding ortho intramolecular Hbond substituents is 1. The molecule has 0 radical (unpaired) electrons. The molecule has 0 unspecified atom stereocenters.